The molecule has 1 heterocycles. The molecule has 3 aromatic rings. The minimum atomic E-state index is -4.91. The molecule has 0 radical (unpaired) electrons. The highest BCUT2D eigenvalue weighted by Crippen LogP contribution is 2.32. The van der Waals surface area contributed by atoms with Crippen molar-refractivity contribution in [2.75, 3.05) is 19.6 Å². The molecule has 0 amide bonds. The lowest BCUT2D eigenvalue weighted by Gasteiger charge is -2.26. The molecule has 0 N–H and O–H groups in total. The van der Waals surface area contributed by atoms with Crippen LogP contribution < -0.4 is 0 Å². The third-order valence-electron chi connectivity index (χ3n) is 5.05. The van der Waals surface area contributed by atoms with E-state index in [9.17, 15) is 13.2 Å². The van der Waals surface area contributed by atoms with Gasteiger partial charge < -0.3 is 0 Å². The molecule has 1 aliphatic heterocycles. The molecule has 0 saturated heterocycles. The number of rotatable bonds is 4. The smallest absolute Gasteiger partial charge is 0.299 e. The van der Waals surface area contributed by atoms with Gasteiger partial charge in [-0.25, -0.2) is 0 Å². The Morgan fingerprint density at radius 1 is 1.04 bits per heavy atom. The maximum Gasteiger partial charge on any atom is 0.416 e. The molecular formula is C24H22F3N. The molecule has 0 atom stereocenters. The van der Waals surface area contributed by atoms with Crippen LogP contribution in [0.15, 0.2) is 72.7 Å². The van der Waals surface area contributed by atoms with Crippen molar-refractivity contribution >= 4 is 16.3 Å². The summed E-state index contributed by atoms with van der Waals surface area (Å²) in [5.41, 5.74) is 0.0710. The first kappa shape index (κ1) is 14.4. The maximum atomic E-state index is 13.4. The molecule has 0 fully saturated rings. The fraction of sp³-hybridized carbons (Fsp3) is 0.250. The summed E-state index contributed by atoms with van der Waals surface area (Å²) in [5, 5.41) is 2.37. The van der Waals surface area contributed by atoms with E-state index < -0.39 is 35.9 Å². The molecule has 0 aliphatic carbocycles. The SMILES string of the molecule is [2H]c1c([2H])c(C2=CCN(CCc3ccc4ccccc4c3)CC2)c([2H])c(C(F)(F)F)c1[2H]. The highest BCUT2D eigenvalue weighted by atomic mass is 19.4. The van der Waals surface area contributed by atoms with E-state index in [1.54, 1.807) is 6.08 Å². The van der Waals surface area contributed by atoms with Crippen LogP contribution in [0.1, 0.15) is 28.6 Å². The lowest BCUT2D eigenvalue weighted by atomic mass is 9.97. The lowest BCUT2D eigenvalue weighted by molar-refractivity contribution is -0.137. The topological polar surface area (TPSA) is 3.24 Å². The number of hydrogen-bond acceptors (Lipinski definition) is 1. The summed E-state index contributed by atoms with van der Waals surface area (Å²) in [5.74, 6) is 0. The molecule has 0 bridgehead atoms. The minimum absolute atomic E-state index is 0.174. The number of fused-ring (bicyclic) bond motifs is 1. The zero-order valence-corrected chi connectivity index (χ0v) is 15.2. The molecular weight excluding hydrogens is 359 g/mol. The van der Waals surface area contributed by atoms with E-state index in [4.69, 9.17) is 5.48 Å². The predicted octanol–water partition coefficient (Wildman–Crippen LogP) is 6.19. The van der Waals surface area contributed by atoms with Crippen molar-refractivity contribution in [2.24, 2.45) is 0 Å². The molecule has 4 heteroatoms. The van der Waals surface area contributed by atoms with Gasteiger partial charge in [-0.1, -0.05) is 60.6 Å². The van der Waals surface area contributed by atoms with Gasteiger partial charge in [0.05, 0.1) is 11.0 Å². The molecule has 0 saturated carbocycles. The minimum Gasteiger partial charge on any atom is -0.299 e. The van der Waals surface area contributed by atoms with E-state index in [2.05, 4.69) is 35.2 Å². The van der Waals surface area contributed by atoms with Crippen molar-refractivity contribution in [3.8, 4) is 0 Å². The fourth-order valence-corrected chi connectivity index (χ4v) is 3.47. The number of halogens is 3. The Bertz CT molecular complexity index is 1200. The van der Waals surface area contributed by atoms with Gasteiger partial charge in [-0.05, 0) is 52.4 Å². The van der Waals surface area contributed by atoms with E-state index in [-0.39, 0.29) is 5.56 Å². The Morgan fingerprint density at radius 2 is 1.86 bits per heavy atom. The highest BCUT2D eigenvalue weighted by molar-refractivity contribution is 5.83. The Hall–Kier alpha value is -2.59. The van der Waals surface area contributed by atoms with Crippen molar-refractivity contribution in [3.05, 3.63) is 89.4 Å². The number of nitrogens with zero attached hydrogens (tertiary/aromatic N) is 1. The first-order chi connectivity index (χ1) is 15.2. The molecule has 0 unspecified atom stereocenters. The molecule has 144 valence electrons. The average molecular weight is 385 g/mol. The summed E-state index contributed by atoms with van der Waals surface area (Å²) in [7, 11) is 0. The van der Waals surface area contributed by atoms with Crippen molar-refractivity contribution < 1.29 is 18.7 Å². The molecule has 1 aliphatic rings. The van der Waals surface area contributed by atoms with Gasteiger partial charge in [-0.2, -0.15) is 13.2 Å². The Labute approximate surface area is 168 Å². The van der Waals surface area contributed by atoms with Crippen LogP contribution in [-0.4, -0.2) is 24.5 Å². The van der Waals surface area contributed by atoms with Crippen molar-refractivity contribution in [1.29, 1.82) is 0 Å². The van der Waals surface area contributed by atoms with Crippen LogP contribution in [0.4, 0.5) is 13.2 Å². The summed E-state index contributed by atoms with van der Waals surface area (Å²) >= 11 is 0. The Morgan fingerprint density at radius 3 is 2.61 bits per heavy atom. The molecule has 4 rings (SSSR count). The maximum absolute atomic E-state index is 13.4. The van der Waals surface area contributed by atoms with Crippen LogP contribution in [0.5, 0.6) is 0 Å². The Kier molecular flexibility index (Phi) is 4.02. The number of alkyl halides is 3. The zero-order chi connectivity index (χ0) is 23.0. The molecule has 1 nitrogen and oxygen atoms in total. The first-order valence-electron chi connectivity index (χ1n) is 11.2. The van der Waals surface area contributed by atoms with Gasteiger partial charge in [-0.3, -0.25) is 4.90 Å². The first-order valence-corrected chi connectivity index (χ1v) is 9.24. The average Bonchev–Trinajstić information content (AvgIpc) is 2.76. The van der Waals surface area contributed by atoms with Crippen LogP contribution in [0.3, 0.4) is 0 Å². The number of benzene rings is 3. The summed E-state index contributed by atoms with van der Waals surface area (Å²) in [4.78, 5) is 2.18. The van der Waals surface area contributed by atoms with Gasteiger partial charge >= 0.3 is 6.18 Å². The summed E-state index contributed by atoms with van der Waals surface area (Å²) in [6.45, 7) is 1.88. The summed E-state index contributed by atoms with van der Waals surface area (Å²) in [6, 6.07) is 11.2. The zero-order valence-electron chi connectivity index (χ0n) is 19.2. The van der Waals surface area contributed by atoms with Gasteiger partial charge in [-0.15, -0.1) is 0 Å². The van der Waals surface area contributed by atoms with E-state index in [1.807, 2.05) is 12.1 Å². The monoisotopic (exact) mass is 385 g/mol. The van der Waals surface area contributed by atoms with Gasteiger partial charge in [0, 0.05) is 19.6 Å². The van der Waals surface area contributed by atoms with E-state index in [1.165, 1.54) is 16.3 Å². The van der Waals surface area contributed by atoms with Crippen LogP contribution >= 0.6 is 0 Å². The second-order valence-electron chi connectivity index (χ2n) is 6.96. The normalized spacial score (nSPS) is 17.6. The van der Waals surface area contributed by atoms with Crippen LogP contribution in [0.25, 0.3) is 16.3 Å². The van der Waals surface area contributed by atoms with E-state index in [0.717, 1.165) is 13.0 Å². The van der Waals surface area contributed by atoms with E-state index in [0.29, 0.717) is 25.1 Å². The molecule has 28 heavy (non-hydrogen) atoms. The van der Waals surface area contributed by atoms with Gasteiger partial charge in [0.2, 0.25) is 0 Å². The molecule has 0 spiro atoms. The quantitative estimate of drug-likeness (QED) is 0.517. The van der Waals surface area contributed by atoms with Crippen molar-refractivity contribution in [1.82, 2.24) is 4.90 Å². The van der Waals surface area contributed by atoms with Crippen molar-refractivity contribution in [2.45, 2.75) is 19.0 Å². The van der Waals surface area contributed by atoms with Crippen LogP contribution in [-0.2, 0) is 12.6 Å². The van der Waals surface area contributed by atoms with Gasteiger partial charge in [0.25, 0.3) is 0 Å². The lowest BCUT2D eigenvalue weighted by Crippen LogP contribution is -2.30. The second kappa shape index (κ2) is 7.80. The Balaban J connectivity index is 1.51. The second-order valence-corrected chi connectivity index (χ2v) is 6.96. The van der Waals surface area contributed by atoms with Crippen LogP contribution in [0, 0.1) is 0 Å². The summed E-state index contributed by atoms with van der Waals surface area (Å²) in [6.07, 6.45) is -1.93. The van der Waals surface area contributed by atoms with Gasteiger partial charge in [0.1, 0.15) is 0 Å². The van der Waals surface area contributed by atoms with Crippen LogP contribution in [0.2, 0.25) is 0 Å². The third-order valence-corrected chi connectivity index (χ3v) is 5.05. The fourth-order valence-electron chi connectivity index (χ4n) is 3.47. The van der Waals surface area contributed by atoms with E-state index >= 15 is 0 Å². The molecule has 3 aromatic carbocycles. The largest absolute Gasteiger partial charge is 0.416 e. The highest BCUT2D eigenvalue weighted by Gasteiger charge is 2.30. The molecule has 0 aromatic heterocycles. The third kappa shape index (κ3) is 4.28. The predicted molar refractivity (Wildman–Crippen MR) is 108 cm³/mol. The van der Waals surface area contributed by atoms with Crippen molar-refractivity contribution in [3.63, 3.8) is 0 Å². The van der Waals surface area contributed by atoms with Gasteiger partial charge in [0.15, 0.2) is 0 Å². The standard InChI is InChI=1S/C24H22F3N/c25-24(26,27)23-7-3-6-22(17-23)20-11-14-28(15-12-20)13-10-18-8-9-19-4-1-2-5-21(19)16-18/h1-9,11,16-17H,10,12-15H2/i3D,6D,7D,17D. The summed E-state index contributed by atoms with van der Waals surface area (Å²) < 4.78 is 71.6. The number of hydrogen-bond donors (Lipinski definition) is 0.